The first-order chi connectivity index (χ1) is 6.24. The standard InChI is InChI=1S/C11H20N2/c1-8-4-11(5-8)13-7-9-2-3-10(12)6-9/h2-3,8-11,13H,4-7,12H2,1H3. The smallest absolute Gasteiger partial charge is 0.0229 e. The molecule has 2 aliphatic rings. The molecule has 2 rings (SSSR count). The second-order valence-corrected chi connectivity index (χ2v) is 4.73. The van der Waals surface area contributed by atoms with Gasteiger partial charge in [-0.05, 0) is 31.1 Å². The summed E-state index contributed by atoms with van der Waals surface area (Å²) in [6.07, 6.45) is 8.26. The summed E-state index contributed by atoms with van der Waals surface area (Å²) < 4.78 is 0. The van der Waals surface area contributed by atoms with Crippen molar-refractivity contribution in [2.24, 2.45) is 17.6 Å². The second kappa shape index (κ2) is 3.81. The van der Waals surface area contributed by atoms with Crippen LogP contribution in [0.4, 0.5) is 0 Å². The van der Waals surface area contributed by atoms with Crippen molar-refractivity contribution < 1.29 is 0 Å². The van der Waals surface area contributed by atoms with Crippen LogP contribution in [0.5, 0.6) is 0 Å². The highest BCUT2D eigenvalue weighted by Gasteiger charge is 2.25. The van der Waals surface area contributed by atoms with E-state index >= 15 is 0 Å². The van der Waals surface area contributed by atoms with Gasteiger partial charge in [-0.25, -0.2) is 0 Å². The largest absolute Gasteiger partial charge is 0.324 e. The number of hydrogen-bond donors (Lipinski definition) is 2. The first-order valence-electron chi connectivity index (χ1n) is 5.41. The van der Waals surface area contributed by atoms with Crippen molar-refractivity contribution in [1.82, 2.24) is 5.32 Å². The molecule has 0 spiro atoms. The van der Waals surface area contributed by atoms with E-state index in [4.69, 9.17) is 5.73 Å². The van der Waals surface area contributed by atoms with E-state index in [0.29, 0.717) is 12.0 Å². The molecule has 2 aliphatic carbocycles. The van der Waals surface area contributed by atoms with Crippen LogP contribution in [-0.4, -0.2) is 18.6 Å². The SMILES string of the molecule is CC1CC(NCC2C=CC(N)C2)C1. The highest BCUT2D eigenvalue weighted by atomic mass is 14.9. The van der Waals surface area contributed by atoms with Crippen LogP contribution in [0.25, 0.3) is 0 Å². The number of rotatable bonds is 3. The monoisotopic (exact) mass is 180 g/mol. The molecular weight excluding hydrogens is 160 g/mol. The maximum Gasteiger partial charge on any atom is 0.0229 e. The Labute approximate surface area is 80.6 Å². The van der Waals surface area contributed by atoms with Crippen LogP contribution in [0.2, 0.25) is 0 Å². The highest BCUT2D eigenvalue weighted by Crippen LogP contribution is 2.26. The number of nitrogens with one attached hydrogen (secondary N) is 1. The average molecular weight is 180 g/mol. The molecule has 0 aromatic rings. The lowest BCUT2D eigenvalue weighted by Gasteiger charge is -2.34. The first kappa shape index (κ1) is 9.22. The molecule has 0 aromatic heterocycles. The summed E-state index contributed by atoms with van der Waals surface area (Å²) in [6.45, 7) is 3.45. The van der Waals surface area contributed by atoms with Crippen LogP contribution in [0.1, 0.15) is 26.2 Å². The van der Waals surface area contributed by atoms with E-state index in [2.05, 4.69) is 24.4 Å². The van der Waals surface area contributed by atoms with E-state index in [1.54, 1.807) is 0 Å². The van der Waals surface area contributed by atoms with Crippen molar-refractivity contribution in [3.8, 4) is 0 Å². The lowest BCUT2D eigenvalue weighted by atomic mass is 9.82. The second-order valence-electron chi connectivity index (χ2n) is 4.73. The van der Waals surface area contributed by atoms with Crippen molar-refractivity contribution in [3.05, 3.63) is 12.2 Å². The third-order valence-electron chi connectivity index (χ3n) is 3.25. The summed E-state index contributed by atoms with van der Waals surface area (Å²) in [5.41, 5.74) is 5.79. The normalized spacial score (nSPS) is 43.5. The van der Waals surface area contributed by atoms with Gasteiger partial charge in [-0.2, -0.15) is 0 Å². The zero-order chi connectivity index (χ0) is 9.26. The Morgan fingerprint density at radius 2 is 2.08 bits per heavy atom. The van der Waals surface area contributed by atoms with Gasteiger partial charge in [0.25, 0.3) is 0 Å². The summed E-state index contributed by atoms with van der Waals surface area (Å²) >= 11 is 0. The maximum atomic E-state index is 5.79. The molecule has 0 heterocycles. The van der Waals surface area contributed by atoms with E-state index in [1.807, 2.05) is 0 Å². The quantitative estimate of drug-likeness (QED) is 0.642. The topological polar surface area (TPSA) is 38.0 Å². The predicted molar refractivity (Wildman–Crippen MR) is 55.4 cm³/mol. The van der Waals surface area contributed by atoms with Crippen LogP contribution in [-0.2, 0) is 0 Å². The fraction of sp³-hybridized carbons (Fsp3) is 0.818. The molecule has 2 nitrogen and oxygen atoms in total. The molecule has 2 heteroatoms. The molecule has 2 unspecified atom stereocenters. The van der Waals surface area contributed by atoms with E-state index < -0.39 is 0 Å². The molecule has 3 N–H and O–H groups in total. The van der Waals surface area contributed by atoms with E-state index in [-0.39, 0.29) is 0 Å². The summed E-state index contributed by atoms with van der Waals surface area (Å²) in [7, 11) is 0. The van der Waals surface area contributed by atoms with Crippen LogP contribution in [0.3, 0.4) is 0 Å². The van der Waals surface area contributed by atoms with Crippen LogP contribution in [0.15, 0.2) is 12.2 Å². The van der Waals surface area contributed by atoms with Crippen molar-refractivity contribution in [2.75, 3.05) is 6.54 Å². The van der Waals surface area contributed by atoms with Crippen molar-refractivity contribution in [3.63, 3.8) is 0 Å². The van der Waals surface area contributed by atoms with E-state index in [0.717, 1.165) is 24.9 Å². The zero-order valence-electron chi connectivity index (χ0n) is 8.37. The van der Waals surface area contributed by atoms with E-state index in [1.165, 1.54) is 12.8 Å². The third-order valence-corrected chi connectivity index (χ3v) is 3.25. The van der Waals surface area contributed by atoms with Crippen LogP contribution >= 0.6 is 0 Å². The first-order valence-corrected chi connectivity index (χ1v) is 5.41. The predicted octanol–water partition coefficient (Wildman–Crippen LogP) is 1.28. The summed E-state index contributed by atoms with van der Waals surface area (Å²) in [5.74, 6) is 1.63. The lowest BCUT2D eigenvalue weighted by molar-refractivity contribution is 0.236. The molecule has 13 heavy (non-hydrogen) atoms. The zero-order valence-corrected chi connectivity index (χ0v) is 8.37. The van der Waals surface area contributed by atoms with Gasteiger partial charge in [0.2, 0.25) is 0 Å². The molecule has 1 saturated carbocycles. The molecular formula is C11H20N2. The molecule has 74 valence electrons. The van der Waals surface area contributed by atoms with Crippen molar-refractivity contribution >= 4 is 0 Å². The molecule has 0 amide bonds. The van der Waals surface area contributed by atoms with Crippen molar-refractivity contribution in [2.45, 2.75) is 38.3 Å². The minimum absolute atomic E-state index is 0.312. The van der Waals surface area contributed by atoms with Crippen molar-refractivity contribution in [1.29, 1.82) is 0 Å². The average Bonchev–Trinajstić information content (AvgIpc) is 2.43. The summed E-state index contributed by atoms with van der Waals surface area (Å²) in [4.78, 5) is 0. The third kappa shape index (κ3) is 2.32. The molecule has 0 saturated heterocycles. The van der Waals surface area contributed by atoms with Gasteiger partial charge >= 0.3 is 0 Å². The fourth-order valence-corrected chi connectivity index (χ4v) is 2.35. The van der Waals surface area contributed by atoms with Crippen LogP contribution < -0.4 is 11.1 Å². The minimum atomic E-state index is 0.312. The number of nitrogens with two attached hydrogens (primary N) is 1. The van der Waals surface area contributed by atoms with Gasteiger partial charge in [-0.15, -0.1) is 0 Å². The number of hydrogen-bond acceptors (Lipinski definition) is 2. The molecule has 0 aromatic carbocycles. The Morgan fingerprint density at radius 1 is 1.31 bits per heavy atom. The summed E-state index contributed by atoms with van der Waals surface area (Å²) in [5, 5.41) is 3.61. The van der Waals surface area contributed by atoms with Gasteiger partial charge in [0, 0.05) is 18.6 Å². The maximum absolute atomic E-state index is 5.79. The van der Waals surface area contributed by atoms with Gasteiger partial charge in [0.1, 0.15) is 0 Å². The van der Waals surface area contributed by atoms with Gasteiger partial charge in [-0.3, -0.25) is 0 Å². The molecule has 0 bridgehead atoms. The molecule has 0 radical (unpaired) electrons. The Hall–Kier alpha value is -0.340. The Kier molecular flexibility index (Phi) is 2.70. The van der Waals surface area contributed by atoms with Crippen LogP contribution in [0, 0.1) is 11.8 Å². The van der Waals surface area contributed by atoms with E-state index in [9.17, 15) is 0 Å². The Balaban J connectivity index is 1.61. The molecule has 0 aliphatic heterocycles. The van der Waals surface area contributed by atoms with Gasteiger partial charge in [0.05, 0.1) is 0 Å². The highest BCUT2D eigenvalue weighted by molar-refractivity contribution is 5.05. The molecule has 1 fully saturated rings. The summed E-state index contributed by atoms with van der Waals surface area (Å²) in [6, 6.07) is 1.10. The van der Waals surface area contributed by atoms with Gasteiger partial charge in [0.15, 0.2) is 0 Å². The molecule has 2 atom stereocenters. The van der Waals surface area contributed by atoms with Gasteiger partial charge in [-0.1, -0.05) is 19.1 Å². The lowest BCUT2D eigenvalue weighted by Crippen LogP contribution is -2.42. The van der Waals surface area contributed by atoms with Gasteiger partial charge < -0.3 is 11.1 Å². The Morgan fingerprint density at radius 3 is 2.62 bits per heavy atom. The Bertz CT molecular complexity index is 194. The minimum Gasteiger partial charge on any atom is -0.324 e. The fourth-order valence-electron chi connectivity index (χ4n) is 2.35.